The van der Waals surface area contributed by atoms with Crippen LogP contribution in [0.5, 0.6) is 11.5 Å². The first kappa shape index (κ1) is 19.9. The lowest BCUT2D eigenvalue weighted by atomic mass is 10.0. The van der Waals surface area contributed by atoms with Gasteiger partial charge in [-0.2, -0.15) is 0 Å². The number of methoxy groups -OCH3 is 2. The Kier molecular flexibility index (Phi) is 5.65. The van der Waals surface area contributed by atoms with Crippen LogP contribution in [0.3, 0.4) is 0 Å². The predicted octanol–water partition coefficient (Wildman–Crippen LogP) is 4.52. The summed E-state index contributed by atoms with van der Waals surface area (Å²) in [5.41, 5.74) is 4.18. The van der Waals surface area contributed by atoms with Crippen molar-refractivity contribution < 1.29 is 14.3 Å². The van der Waals surface area contributed by atoms with Crippen molar-refractivity contribution in [3.8, 4) is 17.2 Å². The fourth-order valence-electron chi connectivity index (χ4n) is 4.05. The molecule has 0 fully saturated rings. The van der Waals surface area contributed by atoms with E-state index in [1.807, 2.05) is 41.3 Å². The molecule has 3 aromatic rings. The van der Waals surface area contributed by atoms with Gasteiger partial charge in [-0.05, 0) is 47.9 Å². The maximum absolute atomic E-state index is 13.3. The van der Waals surface area contributed by atoms with Crippen LogP contribution in [0, 0.1) is 0 Å². The minimum absolute atomic E-state index is 0.0823. The van der Waals surface area contributed by atoms with Crippen LogP contribution in [0.4, 0.5) is 4.79 Å². The normalized spacial score (nSPS) is 15.0. The molecule has 1 aromatic heterocycles. The molecule has 2 aromatic carbocycles. The van der Waals surface area contributed by atoms with Gasteiger partial charge in [-0.3, -0.25) is 0 Å². The van der Waals surface area contributed by atoms with Crippen molar-refractivity contribution in [1.82, 2.24) is 14.8 Å². The molecule has 156 valence electrons. The van der Waals surface area contributed by atoms with Crippen molar-refractivity contribution in [1.29, 1.82) is 0 Å². The second-order valence-corrected chi connectivity index (χ2v) is 7.31. The Morgan fingerprint density at radius 2 is 1.87 bits per heavy atom. The summed E-state index contributed by atoms with van der Waals surface area (Å²) >= 11 is 0. The molecule has 4 rings (SSSR count). The highest BCUT2D eigenvalue weighted by atomic mass is 16.5. The lowest BCUT2D eigenvalue weighted by molar-refractivity contribution is 0.180. The first-order valence-corrected chi connectivity index (χ1v) is 10.2. The summed E-state index contributed by atoms with van der Waals surface area (Å²) in [6.45, 7) is 3.19. The maximum Gasteiger partial charge on any atom is 0.318 e. The smallest absolute Gasteiger partial charge is 0.318 e. The summed E-state index contributed by atoms with van der Waals surface area (Å²) in [6.07, 6.45) is 2.93. The van der Waals surface area contributed by atoms with E-state index in [0.29, 0.717) is 24.6 Å². The summed E-state index contributed by atoms with van der Waals surface area (Å²) in [5.74, 6) is 1.30. The molecule has 2 amide bonds. The Morgan fingerprint density at radius 1 is 1.07 bits per heavy atom. The van der Waals surface area contributed by atoms with Crippen molar-refractivity contribution in [2.75, 3.05) is 20.8 Å². The van der Waals surface area contributed by atoms with Crippen molar-refractivity contribution in [3.05, 3.63) is 77.6 Å². The number of nitrogens with one attached hydrogen (secondary N) is 1. The van der Waals surface area contributed by atoms with Crippen LogP contribution in [0.25, 0.3) is 5.69 Å². The molecule has 6 heteroatoms. The maximum atomic E-state index is 13.3. The van der Waals surface area contributed by atoms with Crippen molar-refractivity contribution in [2.45, 2.75) is 25.9 Å². The number of ether oxygens (including phenoxy) is 2. The van der Waals surface area contributed by atoms with Gasteiger partial charge >= 0.3 is 6.03 Å². The number of carbonyl (C=O) groups is 1. The molecule has 1 aliphatic heterocycles. The molecule has 0 aliphatic carbocycles. The summed E-state index contributed by atoms with van der Waals surface area (Å²) in [4.78, 5) is 15.2. The van der Waals surface area contributed by atoms with E-state index in [4.69, 9.17) is 9.47 Å². The molecular weight excluding hydrogens is 378 g/mol. The highest BCUT2D eigenvalue weighted by molar-refractivity contribution is 5.76. The van der Waals surface area contributed by atoms with Gasteiger partial charge in [-0.1, -0.05) is 31.2 Å². The van der Waals surface area contributed by atoms with Crippen LogP contribution < -0.4 is 14.8 Å². The standard InChI is InChI=1S/C24H27N3O3/c1-4-13-25-24(28)27-16-18-8-5-6-9-19(18)26-14-7-10-20(26)23(27)17-11-12-21(29-2)22(15-17)30-3/h5-12,14-15,23H,4,13,16H2,1-3H3,(H,25,28). The average molecular weight is 405 g/mol. The van der Waals surface area contributed by atoms with E-state index in [0.717, 1.165) is 28.9 Å². The number of nitrogens with zero attached hydrogens (tertiary/aromatic N) is 2. The number of hydrogen-bond donors (Lipinski definition) is 1. The fourth-order valence-corrected chi connectivity index (χ4v) is 4.05. The van der Waals surface area contributed by atoms with Gasteiger partial charge in [0.2, 0.25) is 0 Å². The van der Waals surface area contributed by atoms with Crippen LogP contribution in [0.1, 0.15) is 36.2 Å². The molecule has 1 unspecified atom stereocenters. The summed E-state index contributed by atoms with van der Waals surface area (Å²) in [5, 5.41) is 3.06. The number of aromatic nitrogens is 1. The van der Waals surface area contributed by atoms with Gasteiger partial charge < -0.3 is 24.3 Å². The molecule has 1 N–H and O–H groups in total. The average Bonchev–Trinajstić information content (AvgIpc) is 3.21. The van der Waals surface area contributed by atoms with Crippen LogP contribution in [0.15, 0.2) is 60.8 Å². The van der Waals surface area contributed by atoms with E-state index >= 15 is 0 Å². The zero-order valence-corrected chi connectivity index (χ0v) is 17.6. The third-order valence-electron chi connectivity index (χ3n) is 5.47. The third-order valence-corrected chi connectivity index (χ3v) is 5.47. The molecule has 2 heterocycles. The largest absolute Gasteiger partial charge is 0.493 e. The van der Waals surface area contributed by atoms with Crippen LogP contribution in [-0.4, -0.2) is 36.3 Å². The Bertz CT molecular complexity index is 1040. The molecule has 0 spiro atoms. The SMILES string of the molecule is CCCNC(=O)N1Cc2ccccc2-n2cccc2C1c1ccc(OC)c(OC)c1. The van der Waals surface area contributed by atoms with Crippen molar-refractivity contribution in [3.63, 3.8) is 0 Å². The molecule has 0 radical (unpaired) electrons. The Morgan fingerprint density at radius 3 is 2.63 bits per heavy atom. The van der Waals surface area contributed by atoms with Gasteiger partial charge in [0.1, 0.15) is 0 Å². The highest BCUT2D eigenvalue weighted by Crippen LogP contribution is 2.39. The van der Waals surface area contributed by atoms with E-state index < -0.39 is 0 Å². The number of fused-ring (bicyclic) bond motifs is 3. The number of hydrogen-bond acceptors (Lipinski definition) is 3. The van der Waals surface area contributed by atoms with Gasteiger partial charge in [0.25, 0.3) is 0 Å². The zero-order chi connectivity index (χ0) is 21.1. The molecule has 30 heavy (non-hydrogen) atoms. The number of carbonyl (C=O) groups excluding carboxylic acids is 1. The highest BCUT2D eigenvalue weighted by Gasteiger charge is 2.33. The quantitative estimate of drug-likeness (QED) is 0.679. The van der Waals surface area contributed by atoms with Gasteiger partial charge in [-0.25, -0.2) is 4.79 Å². The van der Waals surface area contributed by atoms with Gasteiger partial charge in [0.15, 0.2) is 11.5 Å². The number of urea groups is 1. The number of benzene rings is 2. The number of amides is 2. The van der Waals surface area contributed by atoms with E-state index in [-0.39, 0.29) is 12.1 Å². The first-order valence-electron chi connectivity index (χ1n) is 10.2. The van der Waals surface area contributed by atoms with E-state index in [1.54, 1.807) is 14.2 Å². The lowest BCUT2D eigenvalue weighted by Gasteiger charge is -2.31. The predicted molar refractivity (Wildman–Crippen MR) is 116 cm³/mol. The van der Waals surface area contributed by atoms with Gasteiger partial charge in [-0.15, -0.1) is 0 Å². The molecule has 0 saturated heterocycles. The summed E-state index contributed by atoms with van der Waals surface area (Å²) < 4.78 is 13.1. The number of rotatable bonds is 5. The van der Waals surface area contributed by atoms with Gasteiger partial charge in [0.05, 0.1) is 32.5 Å². The second kappa shape index (κ2) is 8.53. The molecule has 0 saturated carbocycles. The van der Waals surface area contributed by atoms with E-state index in [2.05, 4.69) is 41.2 Å². The topological polar surface area (TPSA) is 55.7 Å². The van der Waals surface area contributed by atoms with Crippen LogP contribution in [-0.2, 0) is 6.54 Å². The second-order valence-electron chi connectivity index (χ2n) is 7.31. The summed E-state index contributed by atoms with van der Waals surface area (Å²) in [7, 11) is 3.24. The monoisotopic (exact) mass is 405 g/mol. The molecular formula is C24H27N3O3. The lowest BCUT2D eigenvalue weighted by Crippen LogP contribution is -2.42. The minimum atomic E-state index is -0.274. The zero-order valence-electron chi connectivity index (χ0n) is 17.6. The van der Waals surface area contributed by atoms with E-state index in [1.165, 1.54) is 0 Å². The Hall–Kier alpha value is -3.41. The van der Waals surface area contributed by atoms with Crippen molar-refractivity contribution in [2.24, 2.45) is 0 Å². The van der Waals surface area contributed by atoms with Gasteiger partial charge in [0, 0.05) is 18.4 Å². The van der Waals surface area contributed by atoms with Crippen molar-refractivity contribution >= 4 is 6.03 Å². The van der Waals surface area contributed by atoms with E-state index in [9.17, 15) is 4.79 Å². The first-order chi connectivity index (χ1) is 14.7. The molecule has 1 atom stereocenters. The molecule has 0 bridgehead atoms. The molecule has 6 nitrogen and oxygen atoms in total. The fraction of sp³-hybridized carbons (Fsp3) is 0.292. The number of para-hydroxylation sites is 1. The molecule has 1 aliphatic rings. The summed E-state index contributed by atoms with van der Waals surface area (Å²) in [6, 6.07) is 17.8. The van der Waals surface area contributed by atoms with Crippen LogP contribution >= 0.6 is 0 Å². The Labute approximate surface area is 177 Å². The third kappa shape index (κ3) is 3.49. The Balaban J connectivity index is 1.88. The minimum Gasteiger partial charge on any atom is -0.493 e. The van der Waals surface area contributed by atoms with Crippen LogP contribution in [0.2, 0.25) is 0 Å².